The van der Waals surface area contributed by atoms with E-state index in [2.05, 4.69) is 10.3 Å². The van der Waals surface area contributed by atoms with Crippen LogP contribution in [0.1, 0.15) is 22.6 Å². The summed E-state index contributed by atoms with van der Waals surface area (Å²) in [5, 5.41) is 3.04. The third kappa shape index (κ3) is 3.91. The van der Waals surface area contributed by atoms with Crippen molar-refractivity contribution in [2.24, 2.45) is 5.73 Å². The van der Waals surface area contributed by atoms with Crippen molar-refractivity contribution in [1.29, 1.82) is 0 Å². The molecule has 0 aliphatic heterocycles. The van der Waals surface area contributed by atoms with Crippen LogP contribution < -0.4 is 11.1 Å². The molecule has 0 spiro atoms. The van der Waals surface area contributed by atoms with Gasteiger partial charge in [-0.1, -0.05) is 12.1 Å². The van der Waals surface area contributed by atoms with Crippen LogP contribution in [0.3, 0.4) is 0 Å². The molecule has 1 aromatic rings. The zero-order valence-corrected chi connectivity index (χ0v) is 8.73. The Kier molecular flexibility index (Phi) is 4.50. The van der Waals surface area contributed by atoms with E-state index < -0.39 is 5.91 Å². The van der Waals surface area contributed by atoms with E-state index in [0.29, 0.717) is 5.69 Å². The molecule has 1 rings (SSSR count). The van der Waals surface area contributed by atoms with Crippen molar-refractivity contribution in [3.05, 3.63) is 35.7 Å². The minimum atomic E-state index is -0.500. The zero-order valence-electron chi connectivity index (χ0n) is 8.73. The van der Waals surface area contributed by atoms with Gasteiger partial charge in [-0.2, -0.15) is 0 Å². The van der Waals surface area contributed by atoms with Crippen LogP contribution in [0.5, 0.6) is 0 Å². The van der Waals surface area contributed by atoms with E-state index in [1.165, 1.54) is 0 Å². The van der Waals surface area contributed by atoms with E-state index in [-0.39, 0.29) is 0 Å². The number of hydrogen-bond acceptors (Lipinski definition) is 3. The van der Waals surface area contributed by atoms with Gasteiger partial charge in [0.15, 0.2) is 0 Å². The molecule has 0 saturated heterocycles. The maximum atomic E-state index is 10.9. The summed E-state index contributed by atoms with van der Waals surface area (Å²) in [4.78, 5) is 14.9. The van der Waals surface area contributed by atoms with Gasteiger partial charge in [0.05, 0.1) is 5.69 Å². The summed E-state index contributed by atoms with van der Waals surface area (Å²) in [5.41, 5.74) is 6.17. The predicted molar refractivity (Wildman–Crippen MR) is 60.3 cm³/mol. The van der Waals surface area contributed by atoms with E-state index in [1.807, 2.05) is 25.3 Å². The summed E-state index contributed by atoms with van der Waals surface area (Å²) >= 11 is 0. The van der Waals surface area contributed by atoms with Crippen molar-refractivity contribution in [2.75, 3.05) is 13.6 Å². The van der Waals surface area contributed by atoms with Crippen molar-refractivity contribution in [3.63, 3.8) is 0 Å². The fourth-order valence-corrected chi connectivity index (χ4v) is 1.11. The first-order chi connectivity index (χ1) is 7.24. The molecule has 0 atom stereocenters. The Morgan fingerprint density at radius 2 is 2.40 bits per heavy atom. The second-order valence-electron chi connectivity index (χ2n) is 3.11. The molecule has 0 saturated carbocycles. The molecule has 0 aliphatic rings. The lowest BCUT2D eigenvalue weighted by Gasteiger charge is -1.96. The molecular weight excluding hydrogens is 190 g/mol. The van der Waals surface area contributed by atoms with Gasteiger partial charge in [-0.25, -0.2) is 4.98 Å². The van der Waals surface area contributed by atoms with Gasteiger partial charge in [0, 0.05) is 0 Å². The molecule has 1 amide bonds. The Balaban J connectivity index is 2.65. The predicted octanol–water partition coefficient (Wildman–Crippen LogP) is 0.803. The van der Waals surface area contributed by atoms with Gasteiger partial charge < -0.3 is 11.1 Å². The Morgan fingerprint density at radius 1 is 1.60 bits per heavy atom. The number of nitrogens with two attached hydrogens (primary N) is 1. The highest BCUT2D eigenvalue weighted by Crippen LogP contribution is 2.01. The van der Waals surface area contributed by atoms with E-state index in [0.717, 1.165) is 18.7 Å². The number of carbonyl (C=O) groups is 1. The van der Waals surface area contributed by atoms with E-state index in [9.17, 15) is 4.79 Å². The number of aromatic nitrogens is 1. The lowest BCUT2D eigenvalue weighted by Crippen LogP contribution is -2.13. The highest BCUT2D eigenvalue weighted by Gasteiger charge is 2.00. The summed E-state index contributed by atoms with van der Waals surface area (Å²) in [6.45, 7) is 0.923. The van der Waals surface area contributed by atoms with E-state index in [1.54, 1.807) is 12.1 Å². The van der Waals surface area contributed by atoms with E-state index >= 15 is 0 Å². The molecule has 4 heteroatoms. The maximum absolute atomic E-state index is 10.9. The number of amides is 1. The topological polar surface area (TPSA) is 68.0 Å². The summed E-state index contributed by atoms with van der Waals surface area (Å²) in [7, 11) is 1.90. The third-order valence-corrected chi connectivity index (χ3v) is 1.87. The Hall–Kier alpha value is -1.68. The first-order valence-corrected chi connectivity index (χ1v) is 4.82. The zero-order chi connectivity index (χ0) is 11.1. The van der Waals surface area contributed by atoms with Crippen molar-refractivity contribution in [3.8, 4) is 0 Å². The summed E-state index contributed by atoms with van der Waals surface area (Å²) in [5.74, 6) is -0.500. The Labute approximate surface area is 89.2 Å². The smallest absolute Gasteiger partial charge is 0.267 e. The van der Waals surface area contributed by atoms with Crippen molar-refractivity contribution in [1.82, 2.24) is 10.3 Å². The van der Waals surface area contributed by atoms with Crippen LogP contribution in [0.2, 0.25) is 0 Å². The van der Waals surface area contributed by atoms with Gasteiger partial charge in [0.2, 0.25) is 0 Å². The molecule has 0 unspecified atom stereocenters. The number of nitrogens with one attached hydrogen (secondary N) is 1. The fourth-order valence-electron chi connectivity index (χ4n) is 1.11. The number of hydrogen-bond donors (Lipinski definition) is 2. The second kappa shape index (κ2) is 5.93. The number of nitrogens with zero attached hydrogens (tertiary/aromatic N) is 1. The lowest BCUT2D eigenvalue weighted by atomic mass is 10.2. The van der Waals surface area contributed by atoms with Crippen LogP contribution in [0.15, 0.2) is 24.3 Å². The molecule has 15 heavy (non-hydrogen) atoms. The third-order valence-electron chi connectivity index (χ3n) is 1.87. The number of primary amides is 1. The average molecular weight is 205 g/mol. The molecule has 3 N–H and O–H groups in total. The Bertz CT molecular complexity index is 361. The monoisotopic (exact) mass is 205 g/mol. The van der Waals surface area contributed by atoms with Crippen LogP contribution in [0.4, 0.5) is 0 Å². The number of pyridine rings is 1. The maximum Gasteiger partial charge on any atom is 0.267 e. The number of rotatable bonds is 5. The molecule has 1 aromatic heterocycles. The first-order valence-electron chi connectivity index (χ1n) is 4.82. The molecule has 80 valence electrons. The minimum absolute atomic E-state index is 0.297. The van der Waals surface area contributed by atoms with Crippen molar-refractivity contribution >= 4 is 12.0 Å². The lowest BCUT2D eigenvalue weighted by molar-refractivity contribution is 0.0995. The van der Waals surface area contributed by atoms with Gasteiger partial charge in [0.1, 0.15) is 5.69 Å². The van der Waals surface area contributed by atoms with Crippen molar-refractivity contribution in [2.45, 2.75) is 6.42 Å². The fraction of sp³-hybridized carbons (Fsp3) is 0.273. The van der Waals surface area contributed by atoms with Gasteiger partial charge in [-0.15, -0.1) is 0 Å². The normalized spacial score (nSPS) is 10.7. The average Bonchev–Trinajstić information content (AvgIpc) is 2.25. The molecule has 0 fully saturated rings. The molecule has 4 nitrogen and oxygen atoms in total. The molecule has 0 bridgehead atoms. The largest absolute Gasteiger partial charge is 0.364 e. The SMILES string of the molecule is CNCCC=Cc1cccc(C(N)=O)n1. The Morgan fingerprint density at radius 3 is 3.07 bits per heavy atom. The summed E-state index contributed by atoms with van der Waals surface area (Å²) in [6.07, 6.45) is 4.81. The first kappa shape index (κ1) is 11.4. The highest BCUT2D eigenvalue weighted by molar-refractivity contribution is 5.90. The molecule has 0 aromatic carbocycles. The van der Waals surface area contributed by atoms with Crippen LogP contribution in [0.25, 0.3) is 6.08 Å². The molecule has 0 aliphatic carbocycles. The van der Waals surface area contributed by atoms with Crippen LogP contribution in [-0.4, -0.2) is 24.5 Å². The van der Waals surface area contributed by atoms with E-state index in [4.69, 9.17) is 5.73 Å². The van der Waals surface area contributed by atoms with Crippen LogP contribution in [0, 0.1) is 0 Å². The van der Waals surface area contributed by atoms with Gasteiger partial charge in [-0.3, -0.25) is 4.79 Å². The highest BCUT2D eigenvalue weighted by atomic mass is 16.1. The minimum Gasteiger partial charge on any atom is -0.364 e. The van der Waals surface area contributed by atoms with Gasteiger partial charge >= 0.3 is 0 Å². The number of carbonyl (C=O) groups excluding carboxylic acids is 1. The molecule has 0 radical (unpaired) electrons. The second-order valence-corrected chi connectivity index (χ2v) is 3.11. The van der Waals surface area contributed by atoms with Crippen LogP contribution >= 0.6 is 0 Å². The van der Waals surface area contributed by atoms with Gasteiger partial charge in [0.25, 0.3) is 5.91 Å². The summed E-state index contributed by atoms with van der Waals surface area (Å²) in [6, 6.07) is 5.21. The van der Waals surface area contributed by atoms with Crippen LogP contribution in [-0.2, 0) is 0 Å². The van der Waals surface area contributed by atoms with Gasteiger partial charge in [-0.05, 0) is 38.2 Å². The standard InChI is InChI=1S/C11H15N3O/c1-13-8-3-2-5-9-6-4-7-10(14-9)11(12)15/h2,4-7,13H,3,8H2,1H3,(H2,12,15). The molecular formula is C11H15N3O. The quantitative estimate of drug-likeness (QED) is 0.699. The van der Waals surface area contributed by atoms with Crippen molar-refractivity contribution < 1.29 is 4.79 Å². The molecule has 1 heterocycles. The summed E-state index contributed by atoms with van der Waals surface area (Å²) < 4.78 is 0.